The summed E-state index contributed by atoms with van der Waals surface area (Å²) in [6, 6.07) is 17.6. The van der Waals surface area contributed by atoms with Gasteiger partial charge in [0.25, 0.3) is 0 Å². The van der Waals surface area contributed by atoms with Gasteiger partial charge in [0.15, 0.2) is 0 Å². The van der Waals surface area contributed by atoms with Crippen molar-refractivity contribution in [2.75, 3.05) is 0 Å². The lowest BCUT2D eigenvalue weighted by atomic mass is 9.93. The van der Waals surface area contributed by atoms with Crippen molar-refractivity contribution in [1.29, 1.82) is 0 Å². The van der Waals surface area contributed by atoms with Crippen LogP contribution in [0.4, 0.5) is 0 Å². The average molecular weight is 516 g/mol. The molecular formula is C26H16Br2N2. The van der Waals surface area contributed by atoms with Crippen molar-refractivity contribution in [3.05, 3.63) is 81.0 Å². The highest BCUT2D eigenvalue weighted by Crippen LogP contribution is 2.44. The fourth-order valence-corrected chi connectivity index (χ4v) is 5.84. The van der Waals surface area contributed by atoms with E-state index in [9.17, 15) is 0 Å². The Hall–Kier alpha value is -2.56. The van der Waals surface area contributed by atoms with E-state index >= 15 is 0 Å². The van der Waals surface area contributed by atoms with Gasteiger partial charge in [0.2, 0.25) is 0 Å². The van der Waals surface area contributed by atoms with Gasteiger partial charge in [-0.1, -0.05) is 44.0 Å². The molecule has 0 amide bonds. The third kappa shape index (κ3) is 2.53. The standard InChI is InChI=1S/C26H16Br2N2/c1-13-7-19-17-9-21(27)26-16-4-6-24-20(8-14(2)12-30-24)18(16)10-22(28)25(26)15(17)3-5-23(19)29-11-13/h3-12H,1-2H3. The molecule has 6 rings (SSSR count). The number of aryl methyl sites for hydroxylation is 2. The lowest BCUT2D eigenvalue weighted by molar-refractivity contribution is 1.34. The Labute approximate surface area is 190 Å². The van der Waals surface area contributed by atoms with Crippen LogP contribution in [0.5, 0.6) is 0 Å². The van der Waals surface area contributed by atoms with Crippen LogP contribution in [0.3, 0.4) is 0 Å². The Bertz CT molecular complexity index is 1560. The third-order valence-electron chi connectivity index (χ3n) is 5.90. The van der Waals surface area contributed by atoms with Gasteiger partial charge in [0.1, 0.15) is 0 Å². The molecule has 2 aromatic heterocycles. The molecule has 0 radical (unpaired) electrons. The largest absolute Gasteiger partial charge is 0.256 e. The normalized spacial score (nSPS) is 12.0. The van der Waals surface area contributed by atoms with Crippen molar-refractivity contribution in [1.82, 2.24) is 9.97 Å². The zero-order valence-electron chi connectivity index (χ0n) is 16.4. The molecule has 0 aliphatic heterocycles. The molecule has 30 heavy (non-hydrogen) atoms. The highest BCUT2D eigenvalue weighted by molar-refractivity contribution is 9.11. The van der Waals surface area contributed by atoms with Crippen molar-refractivity contribution in [2.24, 2.45) is 0 Å². The number of nitrogens with zero attached hydrogens (tertiary/aromatic N) is 2. The molecule has 6 aromatic rings. The van der Waals surface area contributed by atoms with Crippen molar-refractivity contribution >= 4 is 86.0 Å². The number of fused-ring (bicyclic) bond motifs is 9. The SMILES string of the molecule is Cc1cnc2ccc3c(cc(Br)c4c5ccc6ncc(C)cc6c5cc(Br)c34)c2c1. The molecule has 0 bridgehead atoms. The molecule has 2 heterocycles. The Morgan fingerprint density at radius 3 is 1.40 bits per heavy atom. The molecule has 0 aliphatic rings. The van der Waals surface area contributed by atoms with Crippen LogP contribution in [-0.2, 0) is 0 Å². The highest BCUT2D eigenvalue weighted by Gasteiger charge is 2.16. The van der Waals surface area contributed by atoms with Crippen LogP contribution in [0.25, 0.3) is 54.1 Å². The molecule has 144 valence electrons. The first-order chi connectivity index (χ1) is 14.5. The summed E-state index contributed by atoms with van der Waals surface area (Å²) in [4.78, 5) is 9.24. The summed E-state index contributed by atoms with van der Waals surface area (Å²) in [6.07, 6.45) is 3.85. The monoisotopic (exact) mass is 514 g/mol. The summed E-state index contributed by atoms with van der Waals surface area (Å²) >= 11 is 7.80. The zero-order chi connectivity index (χ0) is 20.6. The number of halogens is 2. The van der Waals surface area contributed by atoms with E-state index in [0.717, 1.165) is 31.1 Å². The lowest BCUT2D eigenvalue weighted by Crippen LogP contribution is -1.89. The maximum atomic E-state index is 4.62. The summed E-state index contributed by atoms with van der Waals surface area (Å²) in [6.45, 7) is 4.18. The minimum atomic E-state index is 1.02. The minimum Gasteiger partial charge on any atom is -0.256 e. The van der Waals surface area contributed by atoms with Gasteiger partial charge in [-0.25, -0.2) is 0 Å². The van der Waals surface area contributed by atoms with Crippen LogP contribution < -0.4 is 0 Å². The second-order valence-corrected chi connectivity index (χ2v) is 9.66. The summed E-state index contributed by atoms with van der Waals surface area (Å²) in [5.41, 5.74) is 4.36. The van der Waals surface area contributed by atoms with Gasteiger partial charge in [0.05, 0.1) is 11.0 Å². The molecular weight excluding hydrogens is 500 g/mol. The number of hydrogen-bond donors (Lipinski definition) is 0. The number of hydrogen-bond acceptors (Lipinski definition) is 2. The van der Waals surface area contributed by atoms with Crippen LogP contribution >= 0.6 is 31.9 Å². The minimum absolute atomic E-state index is 1.02. The molecule has 0 atom stereocenters. The second kappa shape index (κ2) is 6.47. The molecule has 0 N–H and O–H groups in total. The molecule has 0 saturated heterocycles. The van der Waals surface area contributed by atoms with E-state index in [1.807, 2.05) is 12.4 Å². The van der Waals surface area contributed by atoms with Crippen LogP contribution in [0.2, 0.25) is 0 Å². The van der Waals surface area contributed by atoms with Gasteiger partial charge in [-0.3, -0.25) is 9.97 Å². The van der Waals surface area contributed by atoms with E-state index in [4.69, 9.17) is 0 Å². The summed E-state index contributed by atoms with van der Waals surface area (Å²) in [7, 11) is 0. The van der Waals surface area contributed by atoms with Crippen molar-refractivity contribution in [2.45, 2.75) is 13.8 Å². The summed E-state index contributed by atoms with van der Waals surface area (Å²) < 4.78 is 2.18. The fourth-order valence-electron chi connectivity index (χ4n) is 4.56. The number of aromatic nitrogens is 2. The van der Waals surface area contributed by atoms with Gasteiger partial charge in [0, 0.05) is 42.9 Å². The third-order valence-corrected chi connectivity index (χ3v) is 7.15. The maximum Gasteiger partial charge on any atom is 0.0708 e. The number of rotatable bonds is 0. The van der Waals surface area contributed by atoms with Gasteiger partial charge in [-0.2, -0.15) is 0 Å². The van der Waals surface area contributed by atoms with Crippen LogP contribution in [0.15, 0.2) is 69.9 Å². The molecule has 0 saturated carbocycles. The zero-order valence-corrected chi connectivity index (χ0v) is 19.6. The molecule has 0 fully saturated rings. The van der Waals surface area contributed by atoms with E-state index < -0.39 is 0 Å². The summed E-state index contributed by atoms with van der Waals surface area (Å²) in [5, 5.41) is 9.67. The molecule has 0 aliphatic carbocycles. The topological polar surface area (TPSA) is 25.8 Å². The highest BCUT2D eigenvalue weighted by atomic mass is 79.9. The van der Waals surface area contributed by atoms with Gasteiger partial charge >= 0.3 is 0 Å². The molecule has 0 unspecified atom stereocenters. The van der Waals surface area contributed by atoms with Crippen molar-refractivity contribution in [3.63, 3.8) is 0 Å². The first-order valence-electron chi connectivity index (χ1n) is 9.80. The number of benzene rings is 4. The van der Waals surface area contributed by atoms with E-state index in [0.29, 0.717) is 0 Å². The second-order valence-electron chi connectivity index (χ2n) is 7.95. The maximum absolute atomic E-state index is 4.62. The van der Waals surface area contributed by atoms with Crippen LogP contribution in [0.1, 0.15) is 11.1 Å². The van der Waals surface area contributed by atoms with E-state index in [1.54, 1.807) is 0 Å². The van der Waals surface area contributed by atoms with Crippen molar-refractivity contribution < 1.29 is 0 Å². The molecule has 4 aromatic carbocycles. The molecule has 4 heteroatoms. The number of pyridine rings is 2. The fraction of sp³-hybridized carbons (Fsp3) is 0.0769. The van der Waals surface area contributed by atoms with Gasteiger partial charge in [-0.05, 0) is 82.9 Å². The predicted octanol–water partition coefficient (Wildman–Crippen LogP) is 8.38. The van der Waals surface area contributed by atoms with Crippen LogP contribution in [0, 0.1) is 13.8 Å². The predicted molar refractivity (Wildman–Crippen MR) is 134 cm³/mol. The first-order valence-corrected chi connectivity index (χ1v) is 11.4. The quantitative estimate of drug-likeness (QED) is 0.190. The van der Waals surface area contributed by atoms with Crippen LogP contribution in [-0.4, -0.2) is 9.97 Å². The Balaban J connectivity index is 1.87. The smallest absolute Gasteiger partial charge is 0.0708 e. The lowest BCUT2D eigenvalue weighted by Gasteiger charge is -2.15. The molecule has 0 spiro atoms. The first kappa shape index (κ1) is 18.2. The van der Waals surface area contributed by atoms with E-state index in [1.165, 1.54) is 43.1 Å². The van der Waals surface area contributed by atoms with E-state index in [2.05, 4.69) is 104 Å². The Morgan fingerprint density at radius 1 is 0.533 bits per heavy atom. The Morgan fingerprint density at radius 2 is 0.967 bits per heavy atom. The van der Waals surface area contributed by atoms with Gasteiger partial charge < -0.3 is 0 Å². The summed E-state index contributed by atoms with van der Waals surface area (Å²) in [5.74, 6) is 0. The Kier molecular flexibility index (Phi) is 3.93. The van der Waals surface area contributed by atoms with Crippen molar-refractivity contribution in [3.8, 4) is 0 Å². The van der Waals surface area contributed by atoms with E-state index in [-0.39, 0.29) is 0 Å². The van der Waals surface area contributed by atoms with Gasteiger partial charge in [-0.15, -0.1) is 0 Å². The average Bonchev–Trinajstić information content (AvgIpc) is 2.73. The molecule has 2 nitrogen and oxygen atoms in total.